The summed E-state index contributed by atoms with van der Waals surface area (Å²) < 4.78 is 5.43. The van der Waals surface area contributed by atoms with E-state index in [-0.39, 0.29) is 18.1 Å². The minimum absolute atomic E-state index is 0.202. The van der Waals surface area contributed by atoms with Gasteiger partial charge in [-0.3, -0.25) is 0 Å². The van der Waals surface area contributed by atoms with Crippen molar-refractivity contribution in [2.75, 3.05) is 20.7 Å². The molecular formula is C21H37NO3. The summed E-state index contributed by atoms with van der Waals surface area (Å²) in [6.07, 6.45) is 13.2. The maximum atomic E-state index is 10.4. The van der Waals surface area contributed by atoms with Crippen molar-refractivity contribution in [3.8, 4) is 0 Å². The number of ether oxygens (including phenoxy) is 1. The third-order valence-corrected chi connectivity index (χ3v) is 5.94. The van der Waals surface area contributed by atoms with Crippen LogP contribution in [0.2, 0.25) is 0 Å². The van der Waals surface area contributed by atoms with E-state index in [0.29, 0.717) is 17.8 Å². The largest absolute Gasteiger partial charge is 0.502 e. The highest BCUT2D eigenvalue weighted by Gasteiger charge is 2.45. The highest BCUT2D eigenvalue weighted by Crippen LogP contribution is 2.50. The summed E-state index contributed by atoms with van der Waals surface area (Å²) in [6, 6.07) is 0. The van der Waals surface area contributed by atoms with Crippen LogP contribution >= 0.6 is 0 Å². The smallest absolute Gasteiger partial charge is 0.0845 e. The fourth-order valence-electron chi connectivity index (χ4n) is 4.77. The number of aliphatic hydroxyl groups excluding tert-OH is 2. The van der Waals surface area contributed by atoms with Crippen LogP contribution in [0.5, 0.6) is 0 Å². The lowest BCUT2D eigenvalue weighted by atomic mass is 9.89. The summed E-state index contributed by atoms with van der Waals surface area (Å²) in [5.41, 5.74) is 1.39. The Balaban J connectivity index is 0.000000701. The van der Waals surface area contributed by atoms with Gasteiger partial charge in [-0.15, -0.1) is 0 Å². The Morgan fingerprint density at radius 3 is 2.56 bits per heavy atom. The predicted molar refractivity (Wildman–Crippen MR) is 102 cm³/mol. The summed E-state index contributed by atoms with van der Waals surface area (Å²) in [6.45, 7) is 2.73. The minimum Gasteiger partial charge on any atom is -0.502 e. The molecule has 4 heteroatoms. The fraction of sp³-hybridized carbons (Fsp3) is 0.810. The van der Waals surface area contributed by atoms with E-state index in [0.717, 1.165) is 38.7 Å². The lowest BCUT2D eigenvalue weighted by Crippen LogP contribution is -2.19. The van der Waals surface area contributed by atoms with Gasteiger partial charge in [0.25, 0.3) is 0 Å². The third-order valence-electron chi connectivity index (χ3n) is 5.94. The van der Waals surface area contributed by atoms with Gasteiger partial charge in [-0.1, -0.05) is 25.0 Å². The van der Waals surface area contributed by atoms with Crippen LogP contribution in [0.25, 0.3) is 0 Å². The molecule has 0 amide bonds. The Morgan fingerprint density at radius 2 is 1.92 bits per heavy atom. The molecule has 0 aromatic heterocycles. The molecule has 144 valence electrons. The molecule has 0 spiro atoms. The summed E-state index contributed by atoms with van der Waals surface area (Å²) in [7, 11) is 3.75. The van der Waals surface area contributed by atoms with Crippen molar-refractivity contribution in [3.63, 3.8) is 0 Å². The van der Waals surface area contributed by atoms with Crippen molar-refractivity contribution in [3.05, 3.63) is 24.0 Å². The zero-order chi connectivity index (χ0) is 18.2. The lowest BCUT2D eigenvalue weighted by molar-refractivity contribution is 0.135. The summed E-state index contributed by atoms with van der Waals surface area (Å²) in [4.78, 5) is 0. The van der Waals surface area contributed by atoms with Crippen LogP contribution in [0.1, 0.15) is 51.9 Å². The highest BCUT2D eigenvalue weighted by atomic mass is 16.5. The van der Waals surface area contributed by atoms with E-state index in [1.807, 2.05) is 33.4 Å². The highest BCUT2D eigenvalue weighted by molar-refractivity contribution is 5.16. The summed E-state index contributed by atoms with van der Waals surface area (Å²) in [5, 5.41) is 23.4. The molecule has 3 aliphatic carbocycles. The number of allylic oxidation sites excluding steroid dienone is 1. The van der Waals surface area contributed by atoms with E-state index < -0.39 is 0 Å². The molecule has 3 saturated carbocycles. The molecule has 3 aliphatic rings. The van der Waals surface area contributed by atoms with Crippen molar-refractivity contribution in [2.45, 2.75) is 64.1 Å². The normalized spacial score (nSPS) is 35.0. The van der Waals surface area contributed by atoms with E-state index in [4.69, 9.17) is 4.74 Å². The molecule has 0 aromatic carbocycles. The first-order chi connectivity index (χ1) is 12.1. The van der Waals surface area contributed by atoms with Gasteiger partial charge < -0.3 is 20.3 Å². The van der Waals surface area contributed by atoms with E-state index in [2.05, 4.69) is 11.4 Å². The number of hydrogen-bond donors (Lipinski definition) is 3. The fourth-order valence-corrected chi connectivity index (χ4v) is 4.77. The number of aliphatic hydroxyl groups is 2. The first kappa shape index (κ1) is 20.5. The molecule has 4 nitrogen and oxygen atoms in total. The molecule has 3 rings (SSSR count). The van der Waals surface area contributed by atoms with Crippen LogP contribution in [0.15, 0.2) is 24.0 Å². The molecular weight excluding hydrogens is 314 g/mol. The molecule has 0 aromatic rings. The van der Waals surface area contributed by atoms with Gasteiger partial charge in [0.15, 0.2) is 0 Å². The van der Waals surface area contributed by atoms with Crippen LogP contribution in [0, 0.1) is 23.7 Å². The second-order valence-corrected chi connectivity index (χ2v) is 7.86. The number of hydrogen-bond acceptors (Lipinski definition) is 4. The van der Waals surface area contributed by atoms with Gasteiger partial charge in [-0.2, -0.15) is 0 Å². The van der Waals surface area contributed by atoms with Crippen LogP contribution in [-0.4, -0.2) is 43.1 Å². The van der Waals surface area contributed by atoms with Crippen molar-refractivity contribution in [2.24, 2.45) is 23.7 Å². The van der Waals surface area contributed by atoms with Crippen molar-refractivity contribution < 1.29 is 14.9 Å². The second kappa shape index (κ2) is 10.3. The van der Waals surface area contributed by atoms with Crippen molar-refractivity contribution in [1.29, 1.82) is 0 Å². The van der Waals surface area contributed by atoms with Gasteiger partial charge in [0.05, 0.1) is 25.1 Å². The Labute approximate surface area is 153 Å². The molecule has 0 unspecified atom stereocenters. The Hall–Kier alpha value is -0.840. The van der Waals surface area contributed by atoms with Gasteiger partial charge in [0.2, 0.25) is 0 Å². The van der Waals surface area contributed by atoms with Crippen molar-refractivity contribution >= 4 is 0 Å². The van der Waals surface area contributed by atoms with E-state index in [1.54, 1.807) is 0 Å². The topological polar surface area (TPSA) is 61.7 Å². The maximum Gasteiger partial charge on any atom is 0.0845 e. The molecule has 0 aliphatic heterocycles. The number of fused-ring (bicyclic) bond motifs is 1. The van der Waals surface area contributed by atoms with Crippen LogP contribution < -0.4 is 5.32 Å². The first-order valence-corrected chi connectivity index (χ1v) is 10.0. The molecule has 5 atom stereocenters. The number of rotatable bonds is 5. The second-order valence-electron chi connectivity index (χ2n) is 7.86. The van der Waals surface area contributed by atoms with Crippen LogP contribution in [-0.2, 0) is 4.74 Å². The van der Waals surface area contributed by atoms with Gasteiger partial charge in [-0.05, 0) is 76.5 Å². The summed E-state index contributed by atoms with van der Waals surface area (Å²) in [5.74, 6) is 1.74. The monoisotopic (exact) mass is 351 g/mol. The van der Waals surface area contributed by atoms with Gasteiger partial charge in [0, 0.05) is 5.92 Å². The average molecular weight is 352 g/mol. The summed E-state index contributed by atoms with van der Waals surface area (Å²) >= 11 is 0. The SMILES string of the molecule is CCOC=C1C[C@H]2C[C@@H](O)[C@H](C=C[C@@H](O)C3CCCC3)[C@H]2C1.CNC. The standard InChI is InChI=1S/C19H30O3.C2H7N/c1-2-22-12-13-9-15-11-19(21)16(17(15)10-13)7-8-18(20)14-5-3-4-6-14;1-3-2/h7-8,12,14-21H,2-6,9-11H2,1H3;3H,1-2H3/t15-,16+,17-,18+,19+;/m0./s1. The first-order valence-electron chi connectivity index (χ1n) is 10.0. The molecule has 0 saturated heterocycles. The number of nitrogens with one attached hydrogen (secondary N) is 1. The van der Waals surface area contributed by atoms with Gasteiger partial charge >= 0.3 is 0 Å². The van der Waals surface area contributed by atoms with Crippen molar-refractivity contribution in [1.82, 2.24) is 5.32 Å². The van der Waals surface area contributed by atoms with Gasteiger partial charge in [-0.25, -0.2) is 0 Å². The van der Waals surface area contributed by atoms with Crippen LogP contribution in [0.3, 0.4) is 0 Å². The van der Waals surface area contributed by atoms with E-state index >= 15 is 0 Å². The van der Waals surface area contributed by atoms with E-state index in [1.165, 1.54) is 18.4 Å². The molecule has 25 heavy (non-hydrogen) atoms. The zero-order valence-corrected chi connectivity index (χ0v) is 16.2. The minimum atomic E-state index is -0.325. The Bertz CT molecular complexity index is 442. The zero-order valence-electron chi connectivity index (χ0n) is 16.2. The Kier molecular flexibility index (Phi) is 8.47. The Morgan fingerprint density at radius 1 is 1.24 bits per heavy atom. The van der Waals surface area contributed by atoms with Crippen LogP contribution in [0.4, 0.5) is 0 Å². The predicted octanol–water partition coefficient (Wildman–Crippen LogP) is 3.26. The maximum absolute atomic E-state index is 10.4. The van der Waals surface area contributed by atoms with E-state index in [9.17, 15) is 10.2 Å². The average Bonchev–Trinajstić information content (AvgIpc) is 3.28. The molecule has 0 bridgehead atoms. The lowest BCUT2D eigenvalue weighted by Gasteiger charge is -2.19. The quantitative estimate of drug-likeness (QED) is 0.525. The molecule has 3 fully saturated rings. The molecule has 0 heterocycles. The molecule has 3 N–H and O–H groups in total. The molecule has 0 radical (unpaired) electrons. The third kappa shape index (κ3) is 5.57. The van der Waals surface area contributed by atoms with Gasteiger partial charge in [0.1, 0.15) is 0 Å².